The summed E-state index contributed by atoms with van der Waals surface area (Å²) in [5.74, 6) is 0. The summed E-state index contributed by atoms with van der Waals surface area (Å²) in [5.41, 5.74) is 2.81. The third-order valence-electron chi connectivity index (χ3n) is 2.62. The fraction of sp³-hybridized carbons (Fsp3) is 0.308. The van der Waals surface area contributed by atoms with Crippen molar-refractivity contribution in [2.24, 2.45) is 0 Å². The van der Waals surface area contributed by atoms with E-state index in [1.165, 1.54) is 9.75 Å². The Morgan fingerprint density at radius 2 is 2.00 bits per heavy atom. The van der Waals surface area contributed by atoms with Crippen molar-refractivity contribution in [1.82, 2.24) is 4.98 Å². The lowest BCUT2D eigenvalue weighted by atomic mass is 10.0. The number of rotatable bonds is 2. The highest BCUT2D eigenvalue weighted by Crippen LogP contribution is 2.30. The van der Waals surface area contributed by atoms with Crippen LogP contribution >= 0.6 is 11.3 Å². The lowest BCUT2D eigenvalue weighted by molar-refractivity contribution is 0.219. The van der Waals surface area contributed by atoms with E-state index in [2.05, 4.69) is 11.9 Å². The van der Waals surface area contributed by atoms with Gasteiger partial charge in [0, 0.05) is 27.2 Å². The summed E-state index contributed by atoms with van der Waals surface area (Å²) < 4.78 is 0. The molecule has 2 rings (SSSR count). The van der Waals surface area contributed by atoms with Crippen molar-refractivity contribution in [3.8, 4) is 0 Å². The second-order valence-corrected chi connectivity index (χ2v) is 5.46. The quantitative estimate of drug-likeness (QED) is 0.864. The second kappa shape index (κ2) is 4.36. The summed E-state index contributed by atoms with van der Waals surface area (Å²) in [4.78, 5) is 6.61. The average molecular weight is 233 g/mol. The van der Waals surface area contributed by atoms with Gasteiger partial charge in [-0.3, -0.25) is 4.98 Å². The number of hydrogen-bond donors (Lipinski definition) is 1. The van der Waals surface area contributed by atoms with Gasteiger partial charge in [-0.15, -0.1) is 11.3 Å². The van der Waals surface area contributed by atoms with Gasteiger partial charge >= 0.3 is 0 Å². The second-order valence-electron chi connectivity index (χ2n) is 4.00. The first kappa shape index (κ1) is 11.3. The van der Waals surface area contributed by atoms with Crippen LogP contribution in [0.1, 0.15) is 32.7 Å². The molecule has 0 bridgehead atoms. The number of aromatic nitrogens is 1. The van der Waals surface area contributed by atoms with Crippen LogP contribution in [0.2, 0.25) is 0 Å². The molecule has 0 radical (unpaired) electrons. The molecule has 84 valence electrons. The molecule has 0 aliphatic heterocycles. The minimum atomic E-state index is -0.557. The highest BCUT2D eigenvalue weighted by Gasteiger charge is 2.15. The Bertz CT molecular complexity index is 487. The number of aliphatic hydroxyl groups is 1. The van der Waals surface area contributed by atoms with Crippen molar-refractivity contribution in [1.29, 1.82) is 0 Å². The first-order valence-corrected chi connectivity index (χ1v) is 6.07. The van der Waals surface area contributed by atoms with Crippen LogP contribution in [0.3, 0.4) is 0 Å². The van der Waals surface area contributed by atoms with Crippen molar-refractivity contribution in [2.45, 2.75) is 26.9 Å². The molecule has 0 saturated carbocycles. The molecule has 0 spiro atoms. The summed E-state index contributed by atoms with van der Waals surface area (Å²) in [6.45, 7) is 6.04. The van der Waals surface area contributed by atoms with E-state index in [-0.39, 0.29) is 0 Å². The highest BCUT2D eigenvalue weighted by molar-refractivity contribution is 7.12. The van der Waals surface area contributed by atoms with E-state index < -0.39 is 6.10 Å². The SMILES string of the molecule is Cc1ccc(C(O)c2cc(C)sc2C)cn1. The lowest BCUT2D eigenvalue weighted by Gasteiger charge is -2.10. The fourth-order valence-corrected chi connectivity index (χ4v) is 2.70. The van der Waals surface area contributed by atoms with Gasteiger partial charge < -0.3 is 5.11 Å². The van der Waals surface area contributed by atoms with Crippen LogP contribution in [0.5, 0.6) is 0 Å². The molecule has 0 aliphatic rings. The maximum atomic E-state index is 10.2. The summed E-state index contributed by atoms with van der Waals surface area (Å²) in [7, 11) is 0. The molecule has 0 amide bonds. The molecule has 2 heterocycles. The minimum Gasteiger partial charge on any atom is -0.384 e. The molecule has 0 aromatic carbocycles. The maximum Gasteiger partial charge on any atom is 0.107 e. The Morgan fingerprint density at radius 1 is 1.25 bits per heavy atom. The molecule has 2 aromatic rings. The van der Waals surface area contributed by atoms with E-state index in [1.807, 2.05) is 32.0 Å². The van der Waals surface area contributed by atoms with Crippen LogP contribution in [-0.4, -0.2) is 10.1 Å². The number of hydrogen-bond acceptors (Lipinski definition) is 3. The summed E-state index contributed by atoms with van der Waals surface area (Å²) >= 11 is 1.71. The molecule has 1 N–H and O–H groups in total. The van der Waals surface area contributed by atoms with Gasteiger partial charge in [-0.05, 0) is 38.5 Å². The molecule has 1 unspecified atom stereocenters. The van der Waals surface area contributed by atoms with Gasteiger partial charge in [0.15, 0.2) is 0 Å². The molecular weight excluding hydrogens is 218 g/mol. The Balaban J connectivity index is 2.35. The van der Waals surface area contributed by atoms with Crippen molar-refractivity contribution < 1.29 is 5.11 Å². The smallest absolute Gasteiger partial charge is 0.107 e. The van der Waals surface area contributed by atoms with Gasteiger partial charge in [-0.2, -0.15) is 0 Å². The Kier molecular flexibility index (Phi) is 3.08. The maximum absolute atomic E-state index is 10.2. The molecule has 0 aliphatic carbocycles. The normalized spacial score (nSPS) is 12.8. The highest BCUT2D eigenvalue weighted by atomic mass is 32.1. The van der Waals surface area contributed by atoms with Crippen LogP contribution in [0.15, 0.2) is 24.4 Å². The third-order valence-corrected chi connectivity index (χ3v) is 3.61. The zero-order chi connectivity index (χ0) is 11.7. The Hall–Kier alpha value is -1.19. The van der Waals surface area contributed by atoms with E-state index in [9.17, 15) is 5.11 Å². The van der Waals surface area contributed by atoms with Crippen molar-refractivity contribution in [2.75, 3.05) is 0 Å². The molecule has 3 heteroatoms. The largest absolute Gasteiger partial charge is 0.384 e. The van der Waals surface area contributed by atoms with Gasteiger partial charge in [0.1, 0.15) is 6.10 Å². The summed E-state index contributed by atoms with van der Waals surface area (Å²) in [6, 6.07) is 5.90. The fourth-order valence-electron chi connectivity index (χ4n) is 1.74. The first-order valence-electron chi connectivity index (χ1n) is 5.25. The van der Waals surface area contributed by atoms with Crippen LogP contribution in [0.4, 0.5) is 0 Å². The number of thiophene rings is 1. The van der Waals surface area contributed by atoms with E-state index in [0.29, 0.717) is 0 Å². The molecule has 1 atom stereocenters. The first-order chi connectivity index (χ1) is 7.58. The van der Waals surface area contributed by atoms with Gasteiger partial charge in [0.05, 0.1) is 0 Å². The lowest BCUT2D eigenvalue weighted by Crippen LogP contribution is -2.00. The number of aryl methyl sites for hydroxylation is 3. The predicted octanol–water partition coefficient (Wildman–Crippen LogP) is 3.15. The Labute approximate surface area is 99.6 Å². The summed E-state index contributed by atoms with van der Waals surface area (Å²) in [5, 5.41) is 10.2. The monoisotopic (exact) mass is 233 g/mol. The zero-order valence-electron chi connectivity index (χ0n) is 9.69. The van der Waals surface area contributed by atoms with E-state index >= 15 is 0 Å². The number of pyridine rings is 1. The van der Waals surface area contributed by atoms with Crippen LogP contribution in [0, 0.1) is 20.8 Å². The zero-order valence-corrected chi connectivity index (χ0v) is 10.5. The van der Waals surface area contributed by atoms with Crippen molar-refractivity contribution in [3.05, 3.63) is 51.0 Å². The molecule has 0 saturated heterocycles. The van der Waals surface area contributed by atoms with E-state index in [4.69, 9.17) is 0 Å². The topological polar surface area (TPSA) is 33.1 Å². The molecular formula is C13H15NOS. The standard InChI is InChI=1S/C13H15NOS/c1-8-4-5-11(7-14-8)13(15)12-6-9(2)16-10(12)3/h4-7,13,15H,1-3H3. The van der Waals surface area contributed by atoms with Gasteiger partial charge in [-0.25, -0.2) is 0 Å². The van der Waals surface area contributed by atoms with Crippen molar-refractivity contribution >= 4 is 11.3 Å². The predicted molar refractivity (Wildman–Crippen MR) is 66.8 cm³/mol. The van der Waals surface area contributed by atoms with Crippen LogP contribution in [0.25, 0.3) is 0 Å². The van der Waals surface area contributed by atoms with E-state index in [0.717, 1.165) is 16.8 Å². The van der Waals surface area contributed by atoms with Gasteiger partial charge in [0.25, 0.3) is 0 Å². The third kappa shape index (κ3) is 2.15. The Morgan fingerprint density at radius 3 is 2.50 bits per heavy atom. The van der Waals surface area contributed by atoms with E-state index in [1.54, 1.807) is 17.5 Å². The van der Waals surface area contributed by atoms with Crippen LogP contribution < -0.4 is 0 Å². The van der Waals surface area contributed by atoms with Crippen molar-refractivity contribution in [3.63, 3.8) is 0 Å². The number of aliphatic hydroxyl groups excluding tert-OH is 1. The molecule has 2 nitrogen and oxygen atoms in total. The average Bonchev–Trinajstić information content (AvgIpc) is 2.58. The molecule has 2 aromatic heterocycles. The van der Waals surface area contributed by atoms with Gasteiger partial charge in [-0.1, -0.05) is 6.07 Å². The summed E-state index contributed by atoms with van der Waals surface area (Å²) in [6.07, 6.45) is 1.19. The number of nitrogens with zero attached hydrogens (tertiary/aromatic N) is 1. The molecule has 0 fully saturated rings. The minimum absolute atomic E-state index is 0.557. The molecule has 16 heavy (non-hydrogen) atoms. The van der Waals surface area contributed by atoms with Crippen LogP contribution in [-0.2, 0) is 0 Å². The van der Waals surface area contributed by atoms with Gasteiger partial charge in [0.2, 0.25) is 0 Å².